The molecule has 224 valence electrons. The van der Waals surface area contributed by atoms with E-state index < -0.39 is 33.6 Å². The minimum Gasteiger partial charge on any atom is -0.298 e. The summed E-state index contributed by atoms with van der Waals surface area (Å²) in [5.41, 5.74) is 1.67. The Labute approximate surface area is 251 Å². The summed E-state index contributed by atoms with van der Waals surface area (Å²) in [5.74, 6) is -0.264. The molecule has 6 nitrogen and oxygen atoms in total. The maximum Gasteiger partial charge on any atom is 0.416 e. The van der Waals surface area contributed by atoms with Crippen LogP contribution in [0.25, 0.3) is 11.3 Å². The Bertz CT molecular complexity index is 1680. The van der Waals surface area contributed by atoms with Gasteiger partial charge in [-0.3, -0.25) is 4.79 Å². The molecule has 0 unspecified atom stereocenters. The van der Waals surface area contributed by atoms with E-state index in [-0.39, 0.29) is 30.1 Å². The van der Waals surface area contributed by atoms with E-state index in [9.17, 15) is 30.8 Å². The Kier molecular flexibility index (Phi) is 9.28. The van der Waals surface area contributed by atoms with Crippen LogP contribution >= 0.6 is 11.8 Å². The molecule has 12 heteroatoms. The van der Waals surface area contributed by atoms with E-state index in [1.54, 1.807) is 6.07 Å². The summed E-state index contributed by atoms with van der Waals surface area (Å²) in [4.78, 5) is 22.4. The maximum atomic E-state index is 13.4. The van der Waals surface area contributed by atoms with Gasteiger partial charge in [0.05, 0.1) is 22.2 Å². The number of carbonyl (C=O) groups excluding carboxylic acids is 1. The quantitative estimate of drug-likeness (QED) is 0.107. The van der Waals surface area contributed by atoms with Crippen molar-refractivity contribution in [2.24, 2.45) is 0 Å². The Morgan fingerprint density at radius 1 is 0.953 bits per heavy atom. The molecule has 1 aliphatic rings. The number of aryl methyl sites for hydroxylation is 1. The molecule has 43 heavy (non-hydrogen) atoms. The predicted molar refractivity (Wildman–Crippen MR) is 155 cm³/mol. The number of halogens is 4. The molecule has 5 rings (SSSR count). The molecule has 1 aromatic heterocycles. The van der Waals surface area contributed by atoms with E-state index in [0.29, 0.717) is 40.7 Å². The van der Waals surface area contributed by atoms with Gasteiger partial charge in [-0.05, 0) is 67.3 Å². The van der Waals surface area contributed by atoms with Crippen LogP contribution in [0.1, 0.15) is 36.1 Å². The number of sulfonamides is 1. The standard InChI is InChI=1S/C31H27F4N3O3S2/c32-24-12-15-26(16-13-24)43(40,41)38-18-4-7-28(38)29(39)17-14-25-19-27(22-8-10-23(11-9-22)31(33,34)35)37-30(36-25)42-20-21-5-2-1-3-6-21/h1-3,5-6,8-13,15-16,19,28H,4,7,14,17-18,20H2/t28-/m0/s1. The van der Waals surface area contributed by atoms with E-state index in [2.05, 4.69) is 9.97 Å². The second-order valence-electron chi connectivity index (χ2n) is 10.1. The fourth-order valence-corrected chi connectivity index (χ4v) is 7.39. The van der Waals surface area contributed by atoms with Crippen molar-refractivity contribution in [3.8, 4) is 11.3 Å². The van der Waals surface area contributed by atoms with Gasteiger partial charge in [-0.25, -0.2) is 22.8 Å². The molecule has 0 radical (unpaired) electrons. The van der Waals surface area contributed by atoms with Crippen LogP contribution in [0.2, 0.25) is 0 Å². The van der Waals surface area contributed by atoms with E-state index >= 15 is 0 Å². The van der Waals surface area contributed by atoms with Gasteiger partial charge in [-0.2, -0.15) is 17.5 Å². The number of hydrogen-bond donors (Lipinski definition) is 0. The largest absolute Gasteiger partial charge is 0.416 e. The third kappa shape index (κ3) is 7.49. The number of benzene rings is 3. The summed E-state index contributed by atoms with van der Waals surface area (Å²) in [7, 11) is -3.99. The molecule has 1 fully saturated rings. The highest BCUT2D eigenvalue weighted by Crippen LogP contribution is 2.32. The Morgan fingerprint density at radius 2 is 1.65 bits per heavy atom. The number of hydrogen-bond acceptors (Lipinski definition) is 6. The number of ketones is 1. The monoisotopic (exact) mass is 629 g/mol. The van der Waals surface area contributed by atoms with Crippen molar-refractivity contribution in [3.63, 3.8) is 0 Å². The van der Waals surface area contributed by atoms with Crippen molar-refractivity contribution in [1.82, 2.24) is 14.3 Å². The molecule has 2 heterocycles. The van der Waals surface area contributed by atoms with Crippen LogP contribution in [-0.4, -0.2) is 41.1 Å². The van der Waals surface area contributed by atoms with Crippen LogP contribution in [0.4, 0.5) is 17.6 Å². The number of nitrogens with zero attached hydrogens (tertiary/aromatic N) is 3. The highest BCUT2D eigenvalue weighted by molar-refractivity contribution is 7.98. The van der Waals surface area contributed by atoms with E-state index in [1.165, 1.54) is 40.3 Å². The highest BCUT2D eigenvalue weighted by atomic mass is 32.2. The van der Waals surface area contributed by atoms with Crippen LogP contribution < -0.4 is 0 Å². The average molecular weight is 630 g/mol. The van der Waals surface area contributed by atoms with Crippen molar-refractivity contribution in [2.45, 2.75) is 53.7 Å². The topological polar surface area (TPSA) is 80.2 Å². The Balaban J connectivity index is 1.35. The van der Waals surface area contributed by atoms with Gasteiger partial charge >= 0.3 is 6.18 Å². The van der Waals surface area contributed by atoms with Crippen molar-refractivity contribution in [1.29, 1.82) is 0 Å². The zero-order valence-corrected chi connectivity index (χ0v) is 24.4. The van der Waals surface area contributed by atoms with Crippen molar-refractivity contribution in [3.05, 3.63) is 108 Å². The number of rotatable bonds is 10. The summed E-state index contributed by atoms with van der Waals surface area (Å²) < 4.78 is 80.3. The first-order valence-electron chi connectivity index (χ1n) is 13.5. The van der Waals surface area contributed by atoms with E-state index in [0.717, 1.165) is 29.8 Å². The molecule has 0 amide bonds. The number of Topliss-reactive ketones (excluding diaryl/α,β-unsaturated/α-hetero) is 1. The molecule has 1 atom stereocenters. The molecule has 4 aromatic rings. The summed E-state index contributed by atoms with van der Waals surface area (Å²) in [5, 5.41) is 0.407. The summed E-state index contributed by atoms with van der Waals surface area (Å²) >= 11 is 1.36. The Morgan fingerprint density at radius 3 is 2.33 bits per heavy atom. The highest BCUT2D eigenvalue weighted by Gasteiger charge is 2.39. The van der Waals surface area contributed by atoms with Crippen LogP contribution in [-0.2, 0) is 33.2 Å². The lowest BCUT2D eigenvalue weighted by molar-refractivity contribution is -0.137. The van der Waals surface area contributed by atoms with E-state index in [4.69, 9.17) is 0 Å². The molecule has 0 aliphatic carbocycles. The SMILES string of the molecule is O=C(CCc1cc(-c2ccc(C(F)(F)F)cc2)nc(SCc2ccccc2)n1)[C@@H]1CCCN1S(=O)(=O)c1ccc(F)cc1. The number of aromatic nitrogens is 2. The maximum absolute atomic E-state index is 13.4. The molecule has 0 saturated carbocycles. The zero-order valence-electron chi connectivity index (χ0n) is 22.8. The minimum absolute atomic E-state index is 0.00631. The first-order chi connectivity index (χ1) is 20.5. The molecule has 1 saturated heterocycles. The van der Waals surface area contributed by atoms with Gasteiger partial charge in [0, 0.05) is 30.0 Å². The second-order valence-corrected chi connectivity index (χ2v) is 12.9. The van der Waals surface area contributed by atoms with Gasteiger partial charge in [0.25, 0.3) is 0 Å². The Hall–Kier alpha value is -3.61. The lowest BCUT2D eigenvalue weighted by Gasteiger charge is -2.23. The number of carbonyl (C=O) groups is 1. The second kappa shape index (κ2) is 12.9. The molecule has 0 N–H and O–H groups in total. The van der Waals surface area contributed by atoms with Crippen LogP contribution in [0.5, 0.6) is 0 Å². The van der Waals surface area contributed by atoms with Crippen molar-refractivity contribution < 1.29 is 30.8 Å². The van der Waals surface area contributed by atoms with Crippen LogP contribution in [0, 0.1) is 5.82 Å². The lowest BCUT2D eigenvalue weighted by Crippen LogP contribution is -2.40. The smallest absolute Gasteiger partial charge is 0.298 e. The third-order valence-corrected chi connectivity index (χ3v) is 9.94. The molecular weight excluding hydrogens is 602 g/mol. The van der Waals surface area contributed by atoms with Gasteiger partial charge in [0.2, 0.25) is 10.0 Å². The zero-order chi connectivity index (χ0) is 30.6. The van der Waals surface area contributed by atoms with Crippen molar-refractivity contribution >= 4 is 27.6 Å². The minimum atomic E-state index is -4.47. The van der Waals surface area contributed by atoms with Gasteiger partial charge in [-0.1, -0.05) is 54.2 Å². The molecule has 1 aliphatic heterocycles. The fourth-order valence-electron chi connectivity index (χ4n) is 4.88. The molecular formula is C31H27F4N3O3S2. The van der Waals surface area contributed by atoms with Crippen molar-refractivity contribution in [2.75, 3.05) is 6.54 Å². The normalized spacial score (nSPS) is 16.0. The first kappa shape index (κ1) is 30.8. The van der Waals surface area contributed by atoms with Crippen LogP contribution in [0.3, 0.4) is 0 Å². The van der Waals surface area contributed by atoms with Crippen LogP contribution in [0.15, 0.2) is 95.0 Å². The van der Waals surface area contributed by atoms with Gasteiger partial charge in [-0.15, -0.1) is 0 Å². The van der Waals surface area contributed by atoms with Gasteiger partial charge < -0.3 is 0 Å². The first-order valence-corrected chi connectivity index (χ1v) is 16.0. The third-order valence-electron chi connectivity index (χ3n) is 7.10. The predicted octanol–water partition coefficient (Wildman–Crippen LogP) is 6.95. The summed E-state index contributed by atoms with van der Waals surface area (Å²) in [6, 6.07) is 19.6. The van der Waals surface area contributed by atoms with Gasteiger partial charge in [0.1, 0.15) is 5.82 Å². The lowest BCUT2D eigenvalue weighted by atomic mass is 10.0. The van der Waals surface area contributed by atoms with E-state index in [1.807, 2.05) is 30.3 Å². The number of alkyl halides is 3. The number of thioether (sulfide) groups is 1. The fraction of sp³-hybridized carbons (Fsp3) is 0.258. The van der Waals surface area contributed by atoms with Gasteiger partial charge in [0.15, 0.2) is 10.9 Å². The molecule has 0 spiro atoms. The average Bonchev–Trinajstić information content (AvgIpc) is 3.51. The molecule has 3 aromatic carbocycles. The molecule has 0 bridgehead atoms. The summed E-state index contributed by atoms with van der Waals surface area (Å²) in [6.07, 6.45) is -3.38. The summed E-state index contributed by atoms with van der Waals surface area (Å²) in [6.45, 7) is 0.183.